The van der Waals surface area contributed by atoms with Gasteiger partial charge >= 0.3 is 0 Å². The molecule has 0 bridgehead atoms. The Hall–Kier alpha value is -4.42. The summed E-state index contributed by atoms with van der Waals surface area (Å²) in [5, 5.41) is 5.29. The number of piperazine rings is 1. The fourth-order valence-electron chi connectivity index (χ4n) is 8.33. The van der Waals surface area contributed by atoms with Gasteiger partial charge in [0.15, 0.2) is 0 Å². The molecule has 0 spiro atoms. The molecule has 0 radical (unpaired) electrons. The van der Waals surface area contributed by atoms with Crippen molar-refractivity contribution in [1.29, 1.82) is 0 Å². The second-order valence-corrected chi connectivity index (χ2v) is 17.8. The molecule has 3 aliphatic rings. The number of aryl methyl sites for hydroxylation is 1. The lowest BCUT2D eigenvalue weighted by Gasteiger charge is -2.32. The summed E-state index contributed by atoms with van der Waals surface area (Å²) >= 11 is 0. The Morgan fingerprint density at radius 2 is 1.64 bits per heavy atom. The second kappa shape index (κ2) is 14.4. The highest BCUT2D eigenvalue weighted by atomic mass is 32.2. The first-order valence-electron chi connectivity index (χ1n) is 18.9. The number of hydrogen-bond acceptors (Lipinski definition) is 7. The highest BCUT2D eigenvalue weighted by Gasteiger charge is 2.35. The monoisotopic (exact) mass is 740 g/mol. The number of aromatic nitrogens is 3. The molecule has 0 unspecified atom stereocenters. The van der Waals surface area contributed by atoms with Crippen molar-refractivity contribution in [2.24, 2.45) is 7.05 Å². The van der Waals surface area contributed by atoms with Gasteiger partial charge in [0, 0.05) is 55.3 Å². The van der Waals surface area contributed by atoms with Crippen molar-refractivity contribution in [3.05, 3.63) is 70.0 Å². The van der Waals surface area contributed by atoms with Gasteiger partial charge in [-0.15, -0.1) is 0 Å². The minimum atomic E-state index is -3.84. The molecule has 2 aromatic heterocycles. The van der Waals surface area contributed by atoms with Gasteiger partial charge in [-0.05, 0) is 98.7 Å². The molecule has 12 heteroatoms. The minimum absolute atomic E-state index is 0.00767. The smallest absolute Gasteiger partial charge is 0.264 e. The number of sulfonamides is 1. The van der Waals surface area contributed by atoms with Crippen molar-refractivity contribution < 1.29 is 22.7 Å². The van der Waals surface area contributed by atoms with Crippen LogP contribution >= 0.6 is 0 Å². The van der Waals surface area contributed by atoms with Gasteiger partial charge in [-0.3, -0.25) is 14.3 Å². The summed E-state index contributed by atoms with van der Waals surface area (Å²) in [4.78, 5) is 32.3. The van der Waals surface area contributed by atoms with Gasteiger partial charge in [-0.25, -0.2) is 13.1 Å². The van der Waals surface area contributed by atoms with Gasteiger partial charge in [-0.1, -0.05) is 39.2 Å². The normalized spacial score (nSPS) is 17.2. The topological polar surface area (TPSA) is 119 Å². The number of allylic oxidation sites excluding steroid dienone is 1. The molecule has 2 amide bonds. The first-order valence-corrected chi connectivity index (χ1v) is 20.5. The zero-order valence-electron chi connectivity index (χ0n) is 32.0. The van der Waals surface area contributed by atoms with Crippen molar-refractivity contribution in [2.45, 2.75) is 83.4 Å². The predicted octanol–water partition coefficient (Wildman–Crippen LogP) is 6.63. The predicted molar refractivity (Wildman–Crippen MR) is 210 cm³/mol. The molecular formula is C41H52N6O5S. The molecular weight excluding hydrogens is 689 g/mol. The maximum Gasteiger partial charge on any atom is 0.264 e. The molecule has 7 rings (SSSR count). The number of carbonyl (C=O) groups is 2. The number of methoxy groups -OCH3 is 1. The van der Waals surface area contributed by atoms with Gasteiger partial charge < -0.3 is 19.1 Å². The van der Waals surface area contributed by atoms with Gasteiger partial charge in [0.25, 0.3) is 11.8 Å². The maximum absolute atomic E-state index is 14.6. The molecule has 53 heavy (non-hydrogen) atoms. The molecule has 4 heterocycles. The first kappa shape index (κ1) is 36.9. The van der Waals surface area contributed by atoms with Crippen LogP contribution in [0.5, 0.6) is 5.75 Å². The Balaban J connectivity index is 1.47. The largest absolute Gasteiger partial charge is 0.497 e. The van der Waals surface area contributed by atoms with Gasteiger partial charge in [0.2, 0.25) is 10.0 Å². The minimum Gasteiger partial charge on any atom is -0.497 e. The molecule has 1 N–H and O–H groups in total. The second-order valence-electron chi connectivity index (χ2n) is 15.5. The van der Waals surface area contributed by atoms with Crippen LogP contribution in [0.4, 0.5) is 0 Å². The van der Waals surface area contributed by atoms with Crippen molar-refractivity contribution in [3.8, 4) is 17.0 Å². The van der Waals surface area contributed by atoms with Crippen LogP contribution in [0.1, 0.15) is 115 Å². The Kier molecular flexibility index (Phi) is 10.1. The Bertz CT molecular complexity index is 2220. The Morgan fingerprint density at radius 1 is 0.925 bits per heavy atom. The SMILES string of the molecule is COc1ccc2c(c1)C=C(c1c(C(=O)N3CCN(C)CC3)c(C(C)C)nn1C)Cn1c-2c(C2CCCCC2)c2ccc(C(=O)NS(=O)(=O)C(C)C)cc21. The van der Waals surface area contributed by atoms with Crippen molar-refractivity contribution in [1.82, 2.24) is 28.9 Å². The highest BCUT2D eigenvalue weighted by Crippen LogP contribution is 2.48. The Morgan fingerprint density at radius 3 is 2.30 bits per heavy atom. The summed E-state index contributed by atoms with van der Waals surface area (Å²) in [6.07, 6.45) is 7.81. The van der Waals surface area contributed by atoms with E-state index in [4.69, 9.17) is 9.84 Å². The average molecular weight is 741 g/mol. The molecule has 0 atom stereocenters. The fraction of sp³-hybridized carbons (Fsp3) is 0.488. The number of rotatable bonds is 8. The van der Waals surface area contributed by atoms with E-state index in [1.165, 1.54) is 12.0 Å². The third-order valence-electron chi connectivity index (χ3n) is 11.3. The van der Waals surface area contributed by atoms with Crippen LogP contribution in [0.2, 0.25) is 0 Å². The lowest BCUT2D eigenvalue weighted by molar-refractivity contribution is 0.0662. The van der Waals surface area contributed by atoms with Crippen LogP contribution < -0.4 is 9.46 Å². The van der Waals surface area contributed by atoms with E-state index in [9.17, 15) is 18.0 Å². The molecule has 2 aromatic carbocycles. The number of carbonyl (C=O) groups excluding carboxylic acids is 2. The third-order valence-corrected chi connectivity index (χ3v) is 13.0. The van der Waals surface area contributed by atoms with E-state index >= 15 is 0 Å². The number of nitrogens with one attached hydrogen (secondary N) is 1. The van der Waals surface area contributed by atoms with Gasteiger partial charge in [0.1, 0.15) is 5.75 Å². The molecule has 1 saturated heterocycles. The first-order chi connectivity index (χ1) is 25.3. The number of amides is 2. The van der Waals surface area contributed by atoms with Crippen LogP contribution in [0.15, 0.2) is 36.4 Å². The summed E-state index contributed by atoms with van der Waals surface area (Å²) in [5.41, 5.74) is 8.58. The molecule has 1 aliphatic carbocycles. The molecule has 282 valence electrons. The summed E-state index contributed by atoms with van der Waals surface area (Å²) in [6, 6.07) is 11.7. The summed E-state index contributed by atoms with van der Waals surface area (Å²) in [7, 11) is 1.83. The van der Waals surface area contributed by atoms with E-state index in [-0.39, 0.29) is 17.4 Å². The van der Waals surface area contributed by atoms with Crippen molar-refractivity contribution in [3.63, 3.8) is 0 Å². The van der Waals surface area contributed by atoms with E-state index in [0.29, 0.717) is 31.1 Å². The van der Waals surface area contributed by atoms with Crippen LogP contribution in [0, 0.1) is 0 Å². The summed E-state index contributed by atoms with van der Waals surface area (Å²) < 4.78 is 37.7. The quantitative estimate of drug-likeness (QED) is 0.216. The number of hydrogen-bond donors (Lipinski definition) is 1. The van der Waals surface area contributed by atoms with Crippen LogP contribution in [0.25, 0.3) is 33.8 Å². The molecule has 11 nitrogen and oxygen atoms in total. The molecule has 4 aromatic rings. The molecule has 2 fully saturated rings. The zero-order valence-corrected chi connectivity index (χ0v) is 32.8. The van der Waals surface area contributed by atoms with Crippen molar-refractivity contribution >= 4 is 44.4 Å². The number of fused-ring (bicyclic) bond motifs is 5. The summed E-state index contributed by atoms with van der Waals surface area (Å²) in [6.45, 7) is 10.6. The average Bonchev–Trinajstić information content (AvgIpc) is 3.59. The summed E-state index contributed by atoms with van der Waals surface area (Å²) in [5.74, 6) is 0.405. The van der Waals surface area contributed by atoms with E-state index in [2.05, 4.69) is 53.3 Å². The van der Waals surface area contributed by atoms with Crippen LogP contribution in [0.3, 0.4) is 0 Å². The van der Waals surface area contributed by atoms with Gasteiger partial charge in [-0.2, -0.15) is 5.10 Å². The van der Waals surface area contributed by atoms with Crippen molar-refractivity contribution in [2.75, 3.05) is 40.3 Å². The number of ether oxygens (including phenoxy) is 1. The number of nitrogens with zero attached hydrogens (tertiary/aromatic N) is 5. The van der Waals surface area contributed by atoms with E-state index in [1.54, 1.807) is 27.0 Å². The third kappa shape index (κ3) is 6.80. The maximum atomic E-state index is 14.6. The fourth-order valence-corrected chi connectivity index (χ4v) is 8.94. The standard InChI is InChI=1S/C41H52N6O5S/c1-25(2)37-36(41(49)46-19-17-44(5)18-20-46)38(45(6)42-37)30-21-29-22-31(52-7)14-16-32(29)39-35(27-11-9-8-10-12-27)33-15-13-28(23-34(33)47(39)24-30)40(48)43-53(50,51)26(3)4/h13-16,21-23,25-27H,8-12,17-20,24H2,1-7H3,(H,43,48). The lowest BCUT2D eigenvalue weighted by atomic mass is 9.81. The van der Waals surface area contributed by atoms with E-state index in [0.717, 1.165) is 89.2 Å². The molecule has 1 saturated carbocycles. The number of likely N-dealkylation sites (N-methyl/N-ethyl adjacent to an activating group) is 1. The van der Waals surface area contributed by atoms with Crippen LogP contribution in [-0.4, -0.2) is 90.0 Å². The van der Waals surface area contributed by atoms with Crippen LogP contribution in [-0.2, 0) is 23.6 Å². The van der Waals surface area contributed by atoms with E-state index < -0.39 is 21.2 Å². The number of benzene rings is 2. The lowest BCUT2D eigenvalue weighted by Crippen LogP contribution is -2.47. The zero-order chi connectivity index (χ0) is 37.8. The molecule has 2 aliphatic heterocycles. The van der Waals surface area contributed by atoms with Gasteiger partial charge in [0.05, 0.1) is 41.5 Å². The highest BCUT2D eigenvalue weighted by molar-refractivity contribution is 7.90. The Labute approximate surface area is 313 Å². The van der Waals surface area contributed by atoms with E-state index in [1.807, 2.05) is 34.8 Å².